The Kier molecular flexibility index (Phi) is 3.62. The summed E-state index contributed by atoms with van der Waals surface area (Å²) in [4.78, 5) is 0. The molecule has 15 heavy (non-hydrogen) atoms. The summed E-state index contributed by atoms with van der Waals surface area (Å²) >= 11 is 0. The van der Waals surface area contributed by atoms with Gasteiger partial charge in [0.2, 0.25) is 0 Å². The van der Waals surface area contributed by atoms with Crippen molar-refractivity contribution in [2.45, 2.75) is 19.3 Å². The minimum atomic E-state index is 0.825. The summed E-state index contributed by atoms with van der Waals surface area (Å²) in [5.74, 6) is 1.85. The first-order valence-electron chi connectivity index (χ1n) is 5.75. The van der Waals surface area contributed by atoms with E-state index in [1.54, 1.807) is 0 Å². The molecule has 2 nitrogen and oxygen atoms in total. The standard InChI is InChI=1S/C13H19NO/c1-14-8-7-11-3-2-4-13(9-11)15-10-12-5-6-12/h2-4,9,12,14H,5-8,10H2,1H3. The molecule has 1 aliphatic carbocycles. The van der Waals surface area contributed by atoms with Gasteiger partial charge in [-0.15, -0.1) is 0 Å². The number of ether oxygens (including phenoxy) is 1. The highest BCUT2D eigenvalue weighted by Crippen LogP contribution is 2.29. The second-order valence-corrected chi connectivity index (χ2v) is 4.26. The van der Waals surface area contributed by atoms with E-state index in [2.05, 4.69) is 23.5 Å². The van der Waals surface area contributed by atoms with Gasteiger partial charge in [0.1, 0.15) is 5.75 Å². The maximum atomic E-state index is 5.73. The van der Waals surface area contributed by atoms with Crippen molar-refractivity contribution in [2.24, 2.45) is 5.92 Å². The SMILES string of the molecule is CNCCc1cccc(OCC2CC2)c1. The zero-order valence-electron chi connectivity index (χ0n) is 9.33. The van der Waals surface area contributed by atoms with Gasteiger partial charge >= 0.3 is 0 Å². The van der Waals surface area contributed by atoms with Crippen LogP contribution in [0.1, 0.15) is 18.4 Å². The highest BCUT2D eigenvalue weighted by Gasteiger charge is 2.21. The third-order valence-electron chi connectivity index (χ3n) is 2.74. The smallest absolute Gasteiger partial charge is 0.119 e. The molecule has 1 saturated carbocycles. The third-order valence-corrected chi connectivity index (χ3v) is 2.74. The van der Waals surface area contributed by atoms with Crippen molar-refractivity contribution in [1.29, 1.82) is 0 Å². The first kappa shape index (κ1) is 10.5. The number of hydrogen-bond acceptors (Lipinski definition) is 2. The van der Waals surface area contributed by atoms with Gasteiger partial charge < -0.3 is 10.1 Å². The van der Waals surface area contributed by atoms with Gasteiger partial charge in [0.05, 0.1) is 6.61 Å². The van der Waals surface area contributed by atoms with Crippen LogP contribution in [0.3, 0.4) is 0 Å². The summed E-state index contributed by atoms with van der Waals surface area (Å²) in [5, 5.41) is 3.16. The van der Waals surface area contributed by atoms with E-state index in [4.69, 9.17) is 4.74 Å². The number of likely N-dealkylation sites (N-methyl/N-ethyl adjacent to an activating group) is 1. The van der Waals surface area contributed by atoms with Crippen LogP contribution in [0.2, 0.25) is 0 Å². The van der Waals surface area contributed by atoms with Crippen molar-refractivity contribution in [3.63, 3.8) is 0 Å². The second kappa shape index (κ2) is 5.17. The number of rotatable bonds is 6. The monoisotopic (exact) mass is 205 g/mol. The second-order valence-electron chi connectivity index (χ2n) is 4.26. The van der Waals surface area contributed by atoms with Gasteiger partial charge in [0, 0.05) is 0 Å². The highest BCUT2D eigenvalue weighted by molar-refractivity contribution is 5.28. The summed E-state index contributed by atoms with van der Waals surface area (Å²) in [7, 11) is 1.98. The van der Waals surface area contributed by atoms with Gasteiger partial charge in [-0.25, -0.2) is 0 Å². The largest absolute Gasteiger partial charge is 0.493 e. The van der Waals surface area contributed by atoms with Crippen LogP contribution in [-0.2, 0) is 6.42 Å². The van der Waals surface area contributed by atoms with Crippen molar-refractivity contribution in [2.75, 3.05) is 20.2 Å². The number of nitrogens with one attached hydrogen (secondary N) is 1. The molecule has 1 aromatic carbocycles. The fourth-order valence-corrected chi connectivity index (χ4v) is 1.56. The summed E-state index contributed by atoms with van der Waals surface area (Å²) in [6, 6.07) is 8.43. The molecule has 0 aromatic heterocycles. The van der Waals surface area contributed by atoms with Crippen LogP contribution in [-0.4, -0.2) is 20.2 Å². The fourth-order valence-electron chi connectivity index (χ4n) is 1.56. The van der Waals surface area contributed by atoms with E-state index in [0.29, 0.717) is 0 Å². The fraction of sp³-hybridized carbons (Fsp3) is 0.538. The molecule has 1 aromatic rings. The Balaban J connectivity index is 1.85. The third kappa shape index (κ3) is 3.56. The van der Waals surface area contributed by atoms with E-state index < -0.39 is 0 Å². The summed E-state index contributed by atoms with van der Waals surface area (Å²) in [5.41, 5.74) is 1.35. The first-order chi connectivity index (χ1) is 7.38. The molecule has 0 unspecified atom stereocenters. The van der Waals surface area contributed by atoms with E-state index >= 15 is 0 Å². The molecule has 82 valence electrons. The zero-order chi connectivity index (χ0) is 10.5. The highest BCUT2D eigenvalue weighted by atomic mass is 16.5. The molecule has 2 heteroatoms. The lowest BCUT2D eigenvalue weighted by Gasteiger charge is -2.07. The van der Waals surface area contributed by atoms with Crippen molar-refractivity contribution in [3.8, 4) is 5.75 Å². The first-order valence-corrected chi connectivity index (χ1v) is 5.75. The lowest BCUT2D eigenvalue weighted by Crippen LogP contribution is -2.10. The normalized spacial score (nSPS) is 15.3. The van der Waals surface area contributed by atoms with E-state index in [1.807, 2.05) is 13.1 Å². The maximum Gasteiger partial charge on any atom is 0.119 e. The topological polar surface area (TPSA) is 21.3 Å². The van der Waals surface area contributed by atoms with Crippen molar-refractivity contribution in [1.82, 2.24) is 5.32 Å². The Hall–Kier alpha value is -1.02. The van der Waals surface area contributed by atoms with Crippen LogP contribution in [0, 0.1) is 5.92 Å². The zero-order valence-corrected chi connectivity index (χ0v) is 9.33. The van der Waals surface area contributed by atoms with Gasteiger partial charge in [-0.1, -0.05) is 12.1 Å². The molecular formula is C13H19NO. The minimum absolute atomic E-state index is 0.825. The molecule has 1 aliphatic rings. The predicted octanol–water partition coefficient (Wildman–Crippen LogP) is 2.24. The Labute approximate surface area is 91.6 Å². The van der Waals surface area contributed by atoms with E-state index in [1.165, 1.54) is 18.4 Å². The van der Waals surface area contributed by atoms with E-state index in [0.717, 1.165) is 31.2 Å². The molecule has 0 aliphatic heterocycles. The Morgan fingerprint density at radius 2 is 2.27 bits per heavy atom. The van der Waals surface area contributed by atoms with Crippen molar-refractivity contribution >= 4 is 0 Å². The Morgan fingerprint density at radius 1 is 1.40 bits per heavy atom. The van der Waals surface area contributed by atoms with Gasteiger partial charge in [0.25, 0.3) is 0 Å². The number of hydrogen-bond donors (Lipinski definition) is 1. The minimum Gasteiger partial charge on any atom is -0.493 e. The van der Waals surface area contributed by atoms with Crippen LogP contribution in [0.4, 0.5) is 0 Å². The maximum absolute atomic E-state index is 5.73. The van der Waals surface area contributed by atoms with Gasteiger partial charge in [-0.2, -0.15) is 0 Å². The Morgan fingerprint density at radius 3 is 3.00 bits per heavy atom. The molecular weight excluding hydrogens is 186 g/mol. The molecule has 0 amide bonds. The van der Waals surface area contributed by atoms with E-state index in [-0.39, 0.29) is 0 Å². The van der Waals surface area contributed by atoms with Crippen LogP contribution in [0.5, 0.6) is 5.75 Å². The molecule has 0 spiro atoms. The van der Waals surface area contributed by atoms with Crippen LogP contribution in [0.25, 0.3) is 0 Å². The summed E-state index contributed by atoms with van der Waals surface area (Å²) < 4.78 is 5.73. The average molecular weight is 205 g/mol. The molecule has 0 bridgehead atoms. The van der Waals surface area contributed by atoms with Crippen LogP contribution >= 0.6 is 0 Å². The van der Waals surface area contributed by atoms with Gasteiger partial charge in [-0.3, -0.25) is 0 Å². The lowest BCUT2D eigenvalue weighted by atomic mass is 10.1. The average Bonchev–Trinajstić information content (AvgIpc) is 3.08. The lowest BCUT2D eigenvalue weighted by molar-refractivity contribution is 0.299. The van der Waals surface area contributed by atoms with Crippen LogP contribution < -0.4 is 10.1 Å². The molecule has 1 N–H and O–H groups in total. The van der Waals surface area contributed by atoms with Gasteiger partial charge in [0.15, 0.2) is 0 Å². The summed E-state index contributed by atoms with van der Waals surface area (Å²) in [6.07, 6.45) is 3.76. The van der Waals surface area contributed by atoms with Crippen molar-refractivity contribution in [3.05, 3.63) is 29.8 Å². The molecule has 0 radical (unpaired) electrons. The van der Waals surface area contributed by atoms with Crippen LogP contribution in [0.15, 0.2) is 24.3 Å². The molecule has 2 rings (SSSR count). The molecule has 0 heterocycles. The quantitative estimate of drug-likeness (QED) is 0.769. The van der Waals surface area contributed by atoms with Crippen molar-refractivity contribution < 1.29 is 4.74 Å². The predicted molar refractivity (Wildman–Crippen MR) is 62.3 cm³/mol. The molecule has 0 atom stereocenters. The Bertz CT molecular complexity index is 307. The van der Waals surface area contributed by atoms with Gasteiger partial charge in [-0.05, 0) is 56.5 Å². The van der Waals surface area contributed by atoms with E-state index in [9.17, 15) is 0 Å². The molecule has 1 fully saturated rings. The number of benzene rings is 1. The molecule has 0 saturated heterocycles. The summed E-state index contributed by atoms with van der Waals surface area (Å²) in [6.45, 7) is 1.92.